The normalized spacial score (nSPS) is 10.5. The van der Waals surface area contributed by atoms with Crippen LogP contribution in [0, 0.1) is 0 Å². The number of hydrogen-bond acceptors (Lipinski definition) is 2. The maximum atomic E-state index is 4.42. The van der Waals surface area contributed by atoms with Gasteiger partial charge in [-0.1, -0.05) is 12.1 Å². The second kappa shape index (κ2) is 4.41. The first-order valence-electron chi connectivity index (χ1n) is 5.83. The van der Waals surface area contributed by atoms with Gasteiger partial charge in [0.25, 0.3) is 0 Å². The van der Waals surface area contributed by atoms with Crippen LogP contribution in [-0.2, 0) is 0 Å². The Morgan fingerprint density at radius 3 is 2.89 bits per heavy atom. The van der Waals surface area contributed by atoms with Crippen molar-refractivity contribution >= 4 is 5.69 Å². The number of imidazole rings is 1. The molecule has 2 aromatic heterocycles. The molecular weight excluding hydrogens is 224 g/mol. The molecule has 3 N–H and O–H groups in total. The lowest BCUT2D eigenvalue weighted by atomic mass is 10.2. The average molecular weight is 238 g/mol. The van der Waals surface area contributed by atoms with E-state index in [9.17, 15) is 0 Å². The van der Waals surface area contributed by atoms with Gasteiger partial charge in [0.1, 0.15) is 5.82 Å². The molecule has 0 spiro atoms. The van der Waals surface area contributed by atoms with Gasteiger partial charge in [-0.05, 0) is 18.2 Å². The topological polar surface area (TPSA) is 56.5 Å². The Balaban J connectivity index is 1.97. The number of nitrogens with one attached hydrogen (secondary N) is 3. The monoisotopic (exact) mass is 238 g/mol. The average Bonchev–Trinajstić information content (AvgIpc) is 3.09. The minimum atomic E-state index is 0.878. The summed E-state index contributed by atoms with van der Waals surface area (Å²) in [5, 5.41) is 3.12. The lowest BCUT2D eigenvalue weighted by Crippen LogP contribution is -1.88. The van der Waals surface area contributed by atoms with Crippen LogP contribution >= 0.6 is 0 Å². The highest BCUT2D eigenvalue weighted by atomic mass is 14.9. The molecule has 0 radical (unpaired) electrons. The molecule has 90 valence electrons. The molecule has 2 heterocycles. The van der Waals surface area contributed by atoms with E-state index in [1.54, 1.807) is 0 Å². The molecule has 0 bridgehead atoms. The van der Waals surface area contributed by atoms with Gasteiger partial charge in [0.15, 0.2) is 0 Å². The molecule has 4 heteroatoms. The van der Waals surface area contributed by atoms with Crippen LogP contribution in [0.2, 0.25) is 0 Å². The number of hydrogen-bond donors (Lipinski definition) is 3. The summed E-state index contributed by atoms with van der Waals surface area (Å²) in [6, 6.07) is 10.2. The van der Waals surface area contributed by atoms with E-state index in [0.717, 1.165) is 28.3 Å². The summed E-state index contributed by atoms with van der Waals surface area (Å²) < 4.78 is 0. The summed E-state index contributed by atoms with van der Waals surface area (Å²) in [4.78, 5) is 10.8. The first-order chi connectivity index (χ1) is 8.86. The smallest absolute Gasteiger partial charge is 0.137 e. The zero-order valence-electron chi connectivity index (χ0n) is 10.1. The van der Waals surface area contributed by atoms with Crippen molar-refractivity contribution in [1.82, 2.24) is 15.0 Å². The van der Waals surface area contributed by atoms with E-state index in [-0.39, 0.29) is 0 Å². The Labute approximate surface area is 105 Å². The third kappa shape index (κ3) is 1.88. The van der Waals surface area contributed by atoms with Gasteiger partial charge < -0.3 is 15.3 Å². The standard InChI is InChI=1S/C14H14N4/c1-15-12-4-2-3-10(7-12)14-17-9-13(18-14)11-5-6-16-8-11/h2-9,15-16H,1H3,(H,17,18). The van der Waals surface area contributed by atoms with E-state index in [2.05, 4.69) is 26.3 Å². The zero-order valence-corrected chi connectivity index (χ0v) is 10.1. The molecule has 3 rings (SSSR count). The minimum absolute atomic E-state index is 0.878. The molecular formula is C14H14N4. The Morgan fingerprint density at radius 2 is 2.11 bits per heavy atom. The van der Waals surface area contributed by atoms with E-state index >= 15 is 0 Å². The van der Waals surface area contributed by atoms with E-state index in [4.69, 9.17) is 0 Å². The summed E-state index contributed by atoms with van der Waals surface area (Å²) in [6.45, 7) is 0. The Morgan fingerprint density at radius 1 is 1.17 bits per heavy atom. The molecule has 4 nitrogen and oxygen atoms in total. The minimum Gasteiger partial charge on any atom is -0.388 e. The molecule has 0 saturated heterocycles. The first-order valence-corrected chi connectivity index (χ1v) is 5.83. The Hall–Kier alpha value is -2.49. The predicted molar refractivity (Wildman–Crippen MR) is 73.4 cm³/mol. The van der Waals surface area contributed by atoms with Crippen molar-refractivity contribution < 1.29 is 0 Å². The zero-order chi connectivity index (χ0) is 12.4. The quantitative estimate of drug-likeness (QED) is 0.656. The van der Waals surface area contributed by atoms with Gasteiger partial charge in [0.05, 0.1) is 11.9 Å². The van der Waals surface area contributed by atoms with Gasteiger partial charge in [-0.3, -0.25) is 0 Å². The van der Waals surface area contributed by atoms with Gasteiger partial charge in [-0.25, -0.2) is 4.98 Å². The van der Waals surface area contributed by atoms with Crippen molar-refractivity contribution in [2.75, 3.05) is 12.4 Å². The molecule has 0 amide bonds. The summed E-state index contributed by atoms with van der Waals surface area (Å²) in [5.41, 5.74) is 4.27. The molecule has 0 aliphatic heterocycles. The molecule has 0 unspecified atom stereocenters. The number of rotatable bonds is 3. The van der Waals surface area contributed by atoms with Crippen LogP contribution in [0.5, 0.6) is 0 Å². The molecule has 3 aromatic rings. The van der Waals surface area contributed by atoms with E-state index in [1.807, 2.05) is 49.9 Å². The molecule has 0 aliphatic rings. The van der Waals surface area contributed by atoms with Crippen LogP contribution < -0.4 is 5.32 Å². The highest BCUT2D eigenvalue weighted by Crippen LogP contribution is 2.23. The number of aromatic amines is 2. The maximum Gasteiger partial charge on any atom is 0.137 e. The van der Waals surface area contributed by atoms with Gasteiger partial charge >= 0.3 is 0 Å². The van der Waals surface area contributed by atoms with Crippen molar-refractivity contribution in [2.24, 2.45) is 0 Å². The fraction of sp³-hybridized carbons (Fsp3) is 0.0714. The van der Waals surface area contributed by atoms with Crippen LogP contribution in [0.3, 0.4) is 0 Å². The summed E-state index contributed by atoms with van der Waals surface area (Å²) in [7, 11) is 1.91. The van der Waals surface area contributed by atoms with Gasteiger partial charge in [0.2, 0.25) is 0 Å². The largest absolute Gasteiger partial charge is 0.388 e. The molecule has 0 fully saturated rings. The SMILES string of the molecule is CNc1cccc(-c2ncc(-c3cc[nH]c3)[nH]2)c1. The highest BCUT2D eigenvalue weighted by molar-refractivity contribution is 5.66. The van der Waals surface area contributed by atoms with Crippen molar-refractivity contribution in [2.45, 2.75) is 0 Å². The van der Waals surface area contributed by atoms with E-state index in [1.165, 1.54) is 0 Å². The second-order valence-corrected chi connectivity index (χ2v) is 4.08. The van der Waals surface area contributed by atoms with Crippen LogP contribution in [0.15, 0.2) is 48.9 Å². The fourth-order valence-electron chi connectivity index (χ4n) is 1.93. The van der Waals surface area contributed by atoms with Crippen LogP contribution in [0.25, 0.3) is 22.6 Å². The molecule has 1 aromatic carbocycles. The second-order valence-electron chi connectivity index (χ2n) is 4.08. The summed E-state index contributed by atoms with van der Waals surface area (Å²) >= 11 is 0. The number of anilines is 1. The third-order valence-corrected chi connectivity index (χ3v) is 2.91. The van der Waals surface area contributed by atoms with Crippen LogP contribution in [0.1, 0.15) is 0 Å². The van der Waals surface area contributed by atoms with Crippen molar-refractivity contribution in [3.63, 3.8) is 0 Å². The number of H-pyrrole nitrogens is 2. The maximum absolute atomic E-state index is 4.42. The van der Waals surface area contributed by atoms with Gasteiger partial charge in [-0.15, -0.1) is 0 Å². The molecule has 0 saturated carbocycles. The molecule has 0 atom stereocenters. The van der Waals surface area contributed by atoms with Gasteiger partial charge in [-0.2, -0.15) is 0 Å². The third-order valence-electron chi connectivity index (χ3n) is 2.91. The fourth-order valence-corrected chi connectivity index (χ4v) is 1.93. The van der Waals surface area contributed by atoms with Crippen LogP contribution in [-0.4, -0.2) is 22.0 Å². The van der Waals surface area contributed by atoms with Crippen molar-refractivity contribution in [3.8, 4) is 22.6 Å². The lowest BCUT2D eigenvalue weighted by molar-refractivity contribution is 1.31. The molecule has 18 heavy (non-hydrogen) atoms. The number of nitrogens with zero attached hydrogens (tertiary/aromatic N) is 1. The first kappa shape index (κ1) is 10.7. The Kier molecular flexibility index (Phi) is 2.61. The number of aromatic nitrogens is 3. The Bertz CT molecular complexity index is 637. The van der Waals surface area contributed by atoms with Crippen LogP contribution in [0.4, 0.5) is 5.69 Å². The lowest BCUT2D eigenvalue weighted by Gasteiger charge is -2.02. The molecule has 0 aliphatic carbocycles. The predicted octanol–water partition coefficient (Wildman–Crippen LogP) is 3.11. The van der Waals surface area contributed by atoms with E-state index < -0.39 is 0 Å². The van der Waals surface area contributed by atoms with Crippen molar-refractivity contribution in [1.29, 1.82) is 0 Å². The van der Waals surface area contributed by atoms with Crippen molar-refractivity contribution in [3.05, 3.63) is 48.9 Å². The number of benzene rings is 1. The summed E-state index contributed by atoms with van der Waals surface area (Å²) in [5.74, 6) is 0.878. The van der Waals surface area contributed by atoms with Gasteiger partial charge in [0, 0.05) is 36.3 Å². The summed E-state index contributed by atoms with van der Waals surface area (Å²) in [6.07, 6.45) is 5.70. The highest BCUT2D eigenvalue weighted by Gasteiger charge is 2.05. The van der Waals surface area contributed by atoms with E-state index in [0.29, 0.717) is 0 Å².